The first-order chi connectivity index (χ1) is 8.35. The van der Waals surface area contributed by atoms with Crippen LogP contribution in [0.15, 0.2) is 40.9 Å². The summed E-state index contributed by atoms with van der Waals surface area (Å²) in [5.74, 6) is 1.09. The highest BCUT2D eigenvalue weighted by Gasteiger charge is 2.17. The Bertz CT molecular complexity index is 453. The zero-order chi connectivity index (χ0) is 12.1. The van der Waals surface area contributed by atoms with Crippen molar-refractivity contribution in [3.8, 4) is 11.5 Å². The van der Waals surface area contributed by atoms with E-state index in [1.165, 1.54) is 0 Å². The van der Waals surface area contributed by atoms with Gasteiger partial charge in [0.25, 0.3) is 0 Å². The van der Waals surface area contributed by atoms with Gasteiger partial charge in [-0.1, -0.05) is 31.5 Å². The normalized spacial score (nSPS) is 12.6. The molecule has 0 aliphatic rings. The number of benzene rings is 1. The predicted molar refractivity (Wildman–Crippen MR) is 63.3 cm³/mol. The first-order valence-corrected chi connectivity index (χ1v) is 5.66. The molecule has 0 saturated heterocycles. The van der Waals surface area contributed by atoms with E-state index in [1.807, 2.05) is 37.3 Å². The van der Waals surface area contributed by atoms with Gasteiger partial charge < -0.3 is 4.42 Å². The summed E-state index contributed by atoms with van der Waals surface area (Å²) < 4.78 is 5.58. The highest BCUT2D eigenvalue weighted by Crippen LogP contribution is 2.26. The molecule has 1 N–H and O–H groups in total. The third-order valence-corrected chi connectivity index (χ3v) is 2.54. The summed E-state index contributed by atoms with van der Waals surface area (Å²) in [7, 11) is 0. The summed E-state index contributed by atoms with van der Waals surface area (Å²) in [4.78, 5) is 8.57. The van der Waals surface area contributed by atoms with Gasteiger partial charge in [-0.2, -0.15) is 0 Å². The minimum absolute atomic E-state index is 0.440. The Balaban J connectivity index is 2.21. The number of hydrogen-bond donors (Lipinski definition) is 1. The molecule has 0 amide bonds. The summed E-state index contributed by atoms with van der Waals surface area (Å²) in [5, 5.41) is 8.80. The Morgan fingerprint density at radius 3 is 2.76 bits per heavy atom. The second-order valence-electron chi connectivity index (χ2n) is 3.82. The lowest BCUT2D eigenvalue weighted by molar-refractivity contribution is -0.286. The topological polar surface area (TPSA) is 55.5 Å². The fourth-order valence-electron chi connectivity index (χ4n) is 1.66. The molecule has 1 atom stereocenters. The molecule has 0 saturated carbocycles. The van der Waals surface area contributed by atoms with Gasteiger partial charge in [0.15, 0.2) is 11.9 Å². The van der Waals surface area contributed by atoms with Gasteiger partial charge in [0, 0.05) is 5.56 Å². The van der Waals surface area contributed by atoms with Crippen LogP contribution in [0.4, 0.5) is 0 Å². The van der Waals surface area contributed by atoms with Crippen molar-refractivity contribution >= 4 is 0 Å². The van der Waals surface area contributed by atoms with Crippen LogP contribution in [0.1, 0.15) is 31.6 Å². The fourth-order valence-corrected chi connectivity index (χ4v) is 1.66. The van der Waals surface area contributed by atoms with Gasteiger partial charge in [-0.25, -0.2) is 9.87 Å². The fraction of sp³-hybridized carbons (Fsp3) is 0.308. The maximum absolute atomic E-state index is 8.80. The van der Waals surface area contributed by atoms with E-state index in [1.54, 1.807) is 6.20 Å². The smallest absolute Gasteiger partial charge is 0.226 e. The highest BCUT2D eigenvalue weighted by atomic mass is 17.1. The highest BCUT2D eigenvalue weighted by molar-refractivity contribution is 5.52. The number of oxazole rings is 1. The molecular formula is C13H15NO3. The lowest BCUT2D eigenvalue weighted by Gasteiger charge is -2.07. The molecule has 1 unspecified atom stereocenters. The first kappa shape index (κ1) is 11.8. The summed E-state index contributed by atoms with van der Waals surface area (Å²) in [6.45, 7) is 2.01. The van der Waals surface area contributed by atoms with E-state index >= 15 is 0 Å². The average molecular weight is 233 g/mol. The van der Waals surface area contributed by atoms with E-state index in [9.17, 15) is 0 Å². The number of rotatable bonds is 5. The van der Waals surface area contributed by atoms with Crippen molar-refractivity contribution in [1.29, 1.82) is 0 Å². The van der Waals surface area contributed by atoms with Gasteiger partial charge in [-0.05, 0) is 18.6 Å². The first-order valence-electron chi connectivity index (χ1n) is 5.66. The lowest BCUT2D eigenvalue weighted by atomic mass is 10.2. The van der Waals surface area contributed by atoms with Gasteiger partial charge in [-0.3, -0.25) is 5.26 Å². The molecule has 90 valence electrons. The van der Waals surface area contributed by atoms with E-state index < -0.39 is 6.10 Å². The monoisotopic (exact) mass is 233 g/mol. The molecule has 4 nitrogen and oxygen atoms in total. The molecule has 0 spiro atoms. The summed E-state index contributed by atoms with van der Waals surface area (Å²) in [5.41, 5.74) is 0.909. The summed E-state index contributed by atoms with van der Waals surface area (Å²) in [6, 6.07) is 9.62. The third-order valence-electron chi connectivity index (χ3n) is 2.54. The van der Waals surface area contributed by atoms with Gasteiger partial charge >= 0.3 is 0 Å². The van der Waals surface area contributed by atoms with E-state index in [4.69, 9.17) is 9.67 Å². The van der Waals surface area contributed by atoms with Gasteiger partial charge in [0.2, 0.25) is 5.89 Å². The minimum atomic E-state index is -0.440. The van der Waals surface area contributed by atoms with Gasteiger partial charge in [0.05, 0.1) is 6.20 Å². The maximum atomic E-state index is 8.80. The van der Waals surface area contributed by atoms with Crippen LogP contribution in [0, 0.1) is 0 Å². The minimum Gasteiger partial charge on any atom is -0.438 e. The van der Waals surface area contributed by atoms with Crippen LogP contribution in [0.5, 0.6) is 0 Å². The van der Waals surface area contributed by atoms with E-state index in [-0.39, 0.29) is 0 Å². The Morgan fingerprint density at radius 2 is 2.12 bits per heavy atom. The van der Waals surface area contributed by atoms with E-state index in [0.717, 1.165) is 12.0 Å². The Kier molecular flexibility index (Phi) is 3.90. The molecule has 2 aromatic rings. The van der Waals surface area contributed by atoms with Crippen LogP contribution in [0.25, 0.3) is 11.5 Å². The van der Waals surface area contributed by atoms with E-state index in [2.05, 4.69) is 9.87 Å². The number of hydrogen-bond acceptors (Lipinski definition) is 4. The van der Waals surface area contributed by atoms with Crippen LogP contribution in [-0.4, -0.2) is 10.2 Å². The quantitative estimate of drug-likeness (QED) is 0.632. The van der Waals surface area contributed by atoms with Crippen molar-refractivity contribution in [2.24, 2.45) is 0 Å². The van der Waals surface area contributed by atoms with Crippen molar-refractivity contribution in [2.45, 2.75) is 25.9 Å². The van der Waals surface area contributed by atoms with Crippen LogP contribution in [0.3, 0.4) is 0 Å². The van der Waals surface area contributed by atoms with Crippen LogP contribution in [-0.2, 0) is 4.89 Å². The molecular weight excluding hydrogens is 218 g/mol. The lowest BCUT2D eigenvalue weighted by Crippen LogP contribution is -1.99. The molecule has 0 aliphatic carbocycles. The van der Waals surface area contributed by atoms with Crippen LogP contribution < -0.4 is 0 Å². The molecule has 17 heavy (non-hydrogen) atoms. The van der Waals surface area contributed by atoms with Gasteiger partial charge in [0.1, 0.15) is 0 Å². The van der Waals surface area contributed by atoms with Crippen molar-refractivity contribution < 1.29 is 14.6 Å². The van der Waals surface area contributed by atoms with Crippen LogP contribution >= 0.6 is 0 Å². The standard InChI is InChI=1S/C13H15NO3/c1-2-6-11(17-15)12-9-14-13(16-12)10-7-4-3-5-8-10/h3-5,7-9,11,15H,2,6H2,1H3. The summed E-state index contributed by atoms with van der Waals surface area (Å²) in [6.07, 6.45) is 2.75. The Hall–Kier alpha value is -1.65. The molecule has 0 radical (unpaired) electrons. The van der Waals surface area contributed by atoms with Crippen molar-refractivity contribution in [3.05, 3.63) is 42.3 Å². The second-order valence-corrected chi connectivity index (χ2v) is 3.82. The Morgan fingerprint density at radius 1 is 1.35 bits per heavy atom. The maximum Gasteiger partial charge on any atom is 0.226 e. The van der Waals surface area contributed by atoms with E-state index in [0.29, 0.717) is 18.1 Å². The zero-order valence-electron chi connectivity index (χ0n) is 9.67. The van der Waals surface area contributed by atoms with Crippen molar-refractivity contribution in [3.63, 3.8) is 0 Å². The number of aromatic nitrogens is 1. The molecule has 0 aliphatic heterocycles. The number of nitrogens with zero attached hydrogens (tertiary/aromatic N) is 1. The molecule has 0 bridgehead atoms. The average Bonchev–Trinajstić information content (AvgIpc) is 2.86. The SMILES string of the molecule is CCCC(OO)c1cnc(-c2ccccc2)o1. The molecule has 0 fully saturated rings. The van der Waals surface area contributed by atoms with Gasteiger partial charge in [-0.15, -0.1) is 0 Å². The zero-order valence-corrected chi connectivity index (χ0v) is 9.67. The van der Waals surface area contributed by atoms with Crippen molar-refractivity contribution in [2.75, 3.05) is 0 Å². The molecule has 1 aromatic heterocycles. The molecule has 4 heteroatoms. The van der Waals surface area contributed by atoms with Crippen molar-refractivity contribution in [1.82, 2.24) is 4.98 Å². The predicted octanol–water partition coefficient (Wildman–Crippen LogP) is 3.67. The second kappa shape index (κ2) is 5.61. The molecule has 1 aromatic carbocycles. The molecule has 1 heterocycles. The molecule has 2 rings (SSSR count). The third kappa shape index (κ3) is 2.72. The Labute approximate surface area is 99.8 Å². The largest absolute Gasteiger partial charge is 0.438 e. The van der Waals surface area contributed by atoms with Crippen LogP contribution in [0.2, 0.25) is 0 Å². The summed E-state index contributed by atoms with van der Waals surface area (Å²) >= 11 is 0.